The molecule has 0 aliphatic heterocycles. The van der Waals surface area contributed by atoms with Crippen molar-refractivity contribution < 1.29 is 19.0 Å². The molecule has 11 nitrogen and oxygen atoms in total. The number of pyridine rings is 1. The molecule has 2 heterocycles. The number of azide groups is 1. The zero-order valence-electron chi connectivity index (χ0n) is 19.9. The first-order valence-electron chi connectivity index (χ1n) is 11.2. The highest BCUT2D eigenvalue weighted by molar-refractivity contribution is 6.33. The number of nitrogens with zero attached hydrogens (tertiary/aromatic N) is 6. The van der Waals surface area contributed by atoms with E-state index in [0.29, 0.717) is 28.3 Å². The van der Waals surface area contributed by atoms with Gasteiger partial charge >= 0.3 is 6.16 Å². The molecule has 0 radical (unpaired) electrons. The van der Waals surface area contributed by atoms with Crippen LogP contribution in [0.1, 0.15) is 31.0 Å². The van der Waals surface area contributed by atoms with Crippen LogP contribution >= 0.6 is 11.6 Å². The van der Waals surface area contributed by atoms with Gasteiger partial charge in [-0.3, -0.25) is 4.98 Å². The predicted molar refractivity (Wildman–Crippen MR) is 138 cm³/mol. The Morgan fingerprint density at radius 2 is 1.84 bits per heavy atom. The van der Waals surface area contributed by atoms with Gasteiger partial charge in [-0.2, -0.15) is 0 Å². The third-order valence-electron chi connectivity index (χ3n) is 5.09. The van der Waals surface area contributed by atoms with Crippen LogP contribution in [0.5, 0.6) is 5.75 Å². The second-order valence-electron chi connectivity index (χ2n) is 7.90. The van der Waals surface area contributed by atoms with Gasteiger partial charge in [-0.25, -0.2) is 14.8 Å². The van der Waals surface area contributed by atoms with Crippen molar-refractivity contribution in [2.45, 2.75) is 26.0 Å². The molecule has 0 spiro atoms. The van der Waals surface area contributed by atoms with Crippen LogP contribution < -0.4 is 10.1 Å². The number of carbonyl (C=O) groups is 1. The van der Waals surface area contributed by atoms with Gasteiger partial charge < -0.3 is 19.5 Å². The maximum absolute atomic E-state index is 11.9. The molecule has 1 unspecified atom stereocenters. The number of aromatic nitrogens is 3. The number of anilines is 1. The van der Waals surface area contributed by atoms with E-state index < -0.39 is 19.0 Å². The molecule has 0 fully saturated rings. The van der Waals surface area contributed by atoms with Gasteiger partial charge in [-0.15, -0.1) is 0 Å². The lowest BCUT2D eigenvalue weighted by Crippen LogP contribution is -2.19. The molecule has 0 aliphatic carbocycles. The van der Waals surface area contributed by atoms with E-state index in [0.717, 1.165) is 5.39 Å². The maximum Gasteiger partial charge on any atom is 0.511 e. The van der Waals surface area contributed by atoms with Crippen molar-refractivity contribution in [1.29, 1.82) is 0 Å². The summed E-state index contributed by atoms with van der Waals surface area (Å²) in [6.07, 6.45) is 3.62. The summed E-state index contributed by atoms with van der Waals surface area (Å²) < 4.78 is 16.1. The summed E-state index contributed by atoms with van der Waals surface area (Å²) in [6, 6.07) is 13.5. The van der Waals surface area contributed by atoms with E-state index in [-0.39, 0.29) is 16.8 Å². The molecule has 0 saturated heterocycles. The third-order valence-corrected chi connectivity index (χ3v) is 5.50. The molecule has 188 valence electrons. The van der Waals surface area contributed by atoms with Gasteiger partial charge in [0.25, 0.3) is 0 Å². The van der Waals surface area contributed by atoms with E-state index in [1.807, 2.05) is 18.2 Å². The molecule has 0 saturated carbocycles. The Kier molecular flexibility index (Phi) is 8.19. The number of hydrogen-bond acceptors (Lipinski definition) is 9. The number of hydrogen-bond donors (Lipinski definition) is 1. The van der Waals surface area contributed by atoms with Crippen molar-refractivity contribution >= 4 is 40.3 Å². The summed E-state index contributed by atoms with van der Waals surface area (Å²) in [7, 11) is 0. The SMILES string of the molecule is CC(C)OC(=O)OCOc1c(C(Nc2ncccn2)c2cccc(N=[N+]=[N-])c2Cl)ccc2cccnc12. The number of fused-ring (bicyclic) bond motifs is 1. The predicted octanol–water partition coefficient (Wildman–Crippen LogP) is 6.72. The number of benzene rings is 2. The van der Waals surface area contributed by atoms with E-state index in [1.165, 1.54) is 0 Å². The van der Waals surface area contributed by atoms with E-state index in [4.69, 9.17) is 31.3 Å². The minimum atomic E-state index is -0.859. The molecule has 4 rings (SSSR count). The van der Waals surface area contributed by atoms with Crippen LogP contribution in [-0.4, -0.2) is 34.0 Å². The van der Waals surface area contributed by atoms with Gasteiger partial charge in [-0.1, -0.05) is 53.1 Å². The summed E-state index contributed by atoms with van der Waals surface area (Å²) >= 11 is 6.68. The van der Waals surface area contributed by atoms with E-state index in [9.17, 15) is 4.79 Å². The Balaban J connectivity index is 1.82. The molecule has 1 atom stereocenters. The van der Waals surface area contributed by atoms with Crippen LogP contribution in [0.15, 0.2) is 72.2 Å². The Hall–Kier alpha value is -4.60. The molecule has 4 aromatic rings. The maximum atomic E-state index is 11.9. The van der Waals surface area contributed by atoms with Crippen LogP contribution in [-0.2, 0) is 9.47 Å². The van der Waals surface area contributed by atoms with Crippen molar-refractivity contribution in [3.05, 3.63) is 93.7 Å². The Morgan fingerprint density at radius 3 is 2.59 bits per heavy atom. The molecular weight excluding hydrogens is 498 g/mol. The summed E-state index contributed by atoms with van der Waals surface area (Å²) in [4.78, 5) is 27.8. The first-order valence-corrected chi connectivity index (χ1v) is 11.6. The fourth-order valence-electron chi connectivity index (χ4n) is 3.59. The van der Waals surface area contributed by atoms with Crippen LogP contribution in [0, 0.1) is 0 Å². The highest BCUT2D eigenvalue weighted by Gasteiger charge is 2.25. The number of ether oxygens (including phenoxy) is 3. The molecule has 12 heteroatoms. The standard InChI is InChI=1S/C25H22ClN7O4/c1-15(2)37-25(34)36-14-35-23-18(10-9-16-6-4-11-28-21(16)23)22(31-24-29-12-5-13-30-24)17-7-3-8-19(20(17)26)32-33-27/h3-13,15,22H,14H2,1-2H3,(H,29,30,31). The summed E-state index contributed by atoms with van der Waals surface area (Å²) in [6.45, 7) is 3.01. The Bertz CT molecular complexity index is 1450. The highest BCUT2D eigenvalue weighted by atomic mass is 35.5. The molecule has 2 aromatic heterocycles. The second kappa shape index (κ2) is 11.9. The lowest BCUT2D eigenvalue weighted by molar-refractivity contribution is -0.00807. The quantitative estimate of drug-likeness (QED) is 0.0843. The Morgan fingerprint density at radius 1 is 1.05 bits per heavy atom. The highest BCUT2D eigenvalue weighted by Crippen LogP contribution is 2.41. The lowest BCUT2D eigenvalue weighted by atomic mass is 9.95. The van der Waals surface area contributed by atoms with Crippen LogP contribution in [0.3, 0.4) is 0 Å². The van der Waals surface area contributed by atoms with Crippen LogP contribution in [0.2, 0.25) is 5.02 Å². The number of rotatable bonds is 9. The van der Waals surface area contributed by atoms with E-state index in [2.05, 4.69) is 30.3 Å². The van der Waals surface area contributed by atoms with Crippen molar-refractivity contribution in [2.75, 3.05) is 12.1 Å². The largest absolute Gasteiger partial charge is 0.511 e. The summed E-state index contributed by atoms with van der Waals surface area (Å²) in [5, 5.41) is 7.99. The fourth-order valence-corrected chi connectivity index (χ4v) is 3.86. The average molecular weight is 520 g/mol. The zero-order chi connectivity index (χ0) is 26.2. The van der Waals surface area contributed by atoms with Crippen molar-refractivity contribution in [3.63, 3.8) is 0 Å². The summed E-state index contributed by atoms with van der Waals surface area (Å²) in [5.74, 6) is 0.663. The van der Waals surface area contributed by atoms with Gasteiger partial charge in [0, 0.05) is 34.5 Å². The monoisotopic (exact) mass is 519 g/mol. The minimum Gasteiger partial charge on any atom is -0.455 e. The first kappa shape index (κ1) is 25.5. The number of nitrogens with one attached hydrogen (secondary N) is 1. The van der Waals surface area contributed by atoms with E-state index in [1.54, 1.807) is 62.8 Å². The van der Waals surface area contributed by atoms with Crippen LogP contribution in [0.25, 0.3) is 21.3 Å². The topological polar surface area (TPSA) is 144 Å². The van der Waals surface area contributed by atoms with E-state index >= 15 is 0 Å². The zero-order valence-corrected chi connectivity index (χ0v) is 20.7. The molecular formula is C25H22ClN7O4. The summed E-state index contributed by atoms with van der Waals surface area (Å²) in [5.41, 5.74) is 10.9. The third kappa shape index (κ3) is 6.16. The molecule has 1 N–H and O–H groups in total. The fraction of sp³-hybridized carbons (Fsp3) is 0.200. The normalized spacial score (nSPS) is 11.5. The Labute approximate surface area is 217 Å². The molecule has 37 heavy (non-hydrogen) atoms. The smallest absolute Gasteiger partial charge is 0.455 e. The molecule has 2 aromatic carbocycles. The molecule has 0 aliphatic rings. The second-order valence-corrected chi connectivity index (χ2v) is 8.28. The first-order chi connectivity index (χ1) is 18.0. The van der Waals surface area contributed by atoms with Gasteiger partial charge in [0.15, 0.2) is 5.75 Å². The number of carbonyl (C=O) groups excluding carboxylic acids is 1. The van der Waals surface area contributed by atoms with Gasteiger partial charge in [-0.05, 0) is 37.1 Å². The van der Waals surface area contributed by atoms with Crippen molar-refractivity contribution in [3.8, 4) is 5.75 Å². The van der Waals surface area contributed by atoms with Crippen molar-refractivity contribution in [2.24, 2.45) is 5.11 Å². The van der Waals surface area contributed by atoms with Crippen LogP contribution in [0.4, 0.5) is 16.4 Å². The van der Waals surface area contributed by atoms with Crippen molar-refractivity contribution in [1.82, 2.24) is 15.0 Å². The molecule has 0 bridgehead atoms. The number of halogens is 1. The molecule has 0 amide bonds. The average Bonchev–Trinajstić information content (AvgIpc) is 2.89. The van der Waals surface area contributed by atoms with Gasteiger partial charge in [0.05, 0.1) is 22.9 Å². The lowest BCUT2D eigenvalue weighted by Gasteiger charge is -2.24. The van der Waals surface area contributed by atoms with Gasteiger partial charge in [0.2, 0.25) is 12.7 Å². The van der Waals surface area contributed by atoms with Gasteiger partial charge in [0.1, 0.15) is 5.52 Å². The minimum absolute atomic E-state index is 0.234.